The summed E-state index contributed by atoms with van der Waals surface area (Å²) >= 11 is 11.6. The lowest BCUT2D eigenvalue weighted by Crippen LogP contribution is -2.15. The summed E-state index contributed by atoms with van der Waals surface area (Å²) in [6, 6.07) is 15.0. The lowest BCUT2D eigenvalue weighted by atomic mass is 10.3. The van der Waals surface area contributed by atoms with Gasteiger partial charge in [-0.3, -0.25) is 9.52 Å². The van der Waals surface area contributed by atoms with Crippen molar-refractivity contribution in [1.82, 2.24) is 10.2 Å². The van der Waals surface area contributed by atoms with Gasteiger partial charge in [-0.05, 0) is 66.7 Å². The summed E-state index contributed by atoms with van der Waals surface area (Å²) in [5.74, 6) is -0.422. The van der Waals surface area contributed by atoms with Crippen LogP contribution in [0.5, 0.6) is 5.75 Å². The van der Waals surface area contributed by atoms with Crippen LogP contribution in [0, 0.1) is 5.82 Å². The van der Waals surface area contributed by atoms with Crippen molar-refractivity contribution in [2.24, 2.45) is 0 Å². The molecule has 2 N–H and O–H groups in total. The maximum atomic E-state index is 13.1. The number of aromatic nitrogens is 2. The lowest BCUT2D eigenvalue weighted by molar-refractivity contribution is 0.0992. The molecular weight excluding hydrogens is 522 g/mol. The number of hydrogen-bond donors (Lipinski definition) is 2. The molecule has 2 heterocycles. The highest BCUT2D eigenvalue weighted by molar-refractivity contribution is 7.92. The first-order chi connectivity index (χ1) is 16.7. The molecule has 4 rings (SSSR count). The average Bonchev–Trinajstić information content (AvgIpc) is 3.30. The molecule has 2 aromatic carbocycles. The molecule has 0 aliphatic heterocycles. The highest BCUT2D eigenvalue weighted by atomic mass is 35.5. The Morgan fingerprint density at radius 2 is 1.77 bits per heavy atom. The Balaban J connectivity index is 1.36. The van der Waals surface area contributed by atoms with Gasteiger partial charge in [0.25, 0.3) is 15.9 Å². The van der Waals surface area contributed by atoms with Crippen molar-refractivity contribution in [2.75, 3.05) is 10.0 Å². The minimum Gasteiger partial charge on any atom is -0.484 e. The number of furan rings is 1. The fourth-order valence-electron chi connectivity index (χ4n) is 2.80. The van der Waals surface area contributed by atoms with E-state index in [0.29, 0.717) is 11.4 Å². The van der Waals surface area contributed by atoms with Crippen LogP contribution in [0.2, 0.25) is 10.2 Å². The van der Waals surface area contributed by atoms with Gasteiger partial charge in [0, 0.05) is 5.69 Å². The summed E-state index contributed by atoms with van der Waals surface area (Å²) in [5.41, 5.74) is 0.340. The molecule has 4 aromatic rings. The summed E-state index contributed by atoms with van der Waals surface area (Å²) in [6.45, 7) is -0.0316. The highest BCUT2D eigenvalue weighted by Gasteiger charge is 2.17. The zero-order valence-corrected chi connectivity index (χ0v) is 19.9. The van der Waals surface area contributed by atoms with Crippen molar-refractivity contribution in [3.05, 3.63) is 94.2 Å². The number of ether oxygens (including phenoxy) is 1. The molecule has 0 saturated carbocycles. The Hall–Kier alpha value is -3.67. The van der Waals surface area contributed by atoms with E-state index in [2.05, 4.69) is 20.2 Å². The molecule has 1 amide bonds. The quantitative estimate of drug-likeness (QED) is 0.319. The van der Waals surface area contributed by atoms with Crippen molar-refractivity contribution in [1.29, 1.82) is 0 Å². The first-order valence-electron chi connectivity index (χ1n) is 9.80. The van der Waals surface area contributed by atoms with E-state index in [1.54, 1.807) is 6.07 Å². The predicted octanol–water partition coefficient (Wildman–Crippen LogP) is 5.15. The molecule has 13 heteroatoms. The van der Waals surface area contributed by atoms with Crippen molar-refractivity contribution in [3.63, 3.8) is 0 Å². The smallest absolute Gasteiger partial charge is 0.291 e. The number of nitrogens with zero attached hydrogens (tertiary/aromatic N) is 2. The number of hydrogen-bond acceptors (Lipinski definition) is 7. The topological polar surface area (TPSA) is 123 Å². The normalized spacial score (nSPS) is 11.2. The summed E-state index contributed by atoms with van der Waals surface area (Å²) in [4.78, 5) is 12.4. The summed E-state index contributed by atoms with van der Waals surface area (Å²) in [7, 11) is -3.93. The van der Waals surface area contributed by atoms with Gasteiger partial charge in [0.2, 0.25) is 0 Å². The molecular formula is C22H15Cl2FN4O5S. The number of anilines is 2. The van der Waals surface area contributed by atoms with Crippen molar-refractivity contribution >= 4 is 50.6 Å². The number of carbonyl (C=O) groups excluding carboxylic acids is 1. The van der Waals surface area contributed by atoms with E-state index in [1.807, 2.05) is 0 Å². The maximum Gasteiger partial charge on any atom is 0.291 e. The van der Waals surface area contributed by atoms with Gasteiger partial charge in [0.1, 0.15) is 23.9 Å². The molecule has 0 aliphatic carbocycles. The van der Waals surface area contributed by atoms with Crippen LogP contribution in [0.3, 0.4) is 0 Å². The minimum absolute atomic E-state index is 0.00563. The zero-order chi connectivity index (χ0) is 25.0. The van der Waals surface area contributed by atoms with Gasteiger partial charge in [0.15, 0.2) is 16.7 Å². The third-order valence-corrected chi connectivity index (χ3v) is 6.31. The van der Waals surface area contributed by atoms with Crippen LogP contribution in [-0.4, -0.2) is 24.5 Å². The van der Waals surface area contributed by atoms with Crippen LogP contribution in [-0.2, 0) is 16.6 Å². The van der Waals surface area contributed by atoms with E-state index in [-0.39, 0.29) is 39.0 Å². The van der Waals surface area contributed by atoms with E-state index in [9.17, 15) is 17.6 Å². The average molecular weight is 537 g/mol. The summed E-state index contributed by atoms with van der Waals surface area (Å²) in [6.07, 6.45) is 0. The molecule has 180 valence electrons. The van der Waals surface area contributed by atoms with E-state index >= 15 is 0 Å². The van der Waals surface area contributed by atoms with Crippen LogP contribution in [0.1, 0.15) is 16.3 Å². The zero-order valence-electron chi connectivity index (χ0n) is 17.5. The molecule has 0 unspecified atom stereocenters. The minimum atomic E-state index is -3.93. The lowest BCUT2D eigenvalue weighted by Gasteiger charge is -2.08. The second-order valence-corrected chi connectivity index (χ2v) is 9.43. The first-order valence-corrected chi connectivity index (χ1v) is 12.0. The molecule has 0 spiro atoms. The predicted molar refractivity (Wildman–Crippen MR) is 127 cm³/mol. The molecule has 35 heavy (non-hydrogen) atoms. The van der Waals surface area contributed by atoms with Crippen LogP contribution >= 0.6 is 23.2 Å². The monoisotopic (exact) mass is 536 g/mol. The number of halogens is 3. The van der Waals surface area contributed by atoms with Crippen molar-refractivity contribution in [2.45, 2.75) is 11.5 Å². The Kier molecular flexibility index (Phi) is 7.20. The van der Waals surface area contributed by atoms with E-state index in [0.717, 1.165) is 6.07 Å². The maximum absolute atomic E-state index is 13.1. The highest BCUT2D eigenvalue weighted by Crippen LogP contribution is 2.26. The van der Waals surface area contributed by atoms with Gasteiger partial charge in [-0.25, -0.2) is 12.8 Å². The number of amides is 1. The van der Waals surface area contributed by atoms with E-state index < -0.39 is 21.7 Å². The largest absolute Gasteiger partial charge is 0.484 e. The molecule has 9 nitrogen and oxygen atoms in total. The SMILES string of the molecule is O=C(Nc1ccc(S(=O)(=O)Nc2ccc(Cl)nn2)cc1)c1ccc(COc2ccc(F)cc2Cl)o1. The Bertz CT molecular complexity index is 1460. The molecule has 0 saturated heterocycles. The Morgan fingerprint density at radius 3 is 2.46 bits per heavy atom. The second-order valence-electron chi connectivity index (χ2n) is 6.95. The van der Waals surface area contributed by atoms with Gasteiger partial charge in [-0.1, -0.05) is 23.2 Å². The number of rotatable bonds is 8. The van der Waals surface area contributed by atoms with E-state index in [1.165, 1.54) is 54.6 Å². The van der Waals surface area contributed by atoms with Gasteiger partial charge >= 0.3 is 0 Å². The van der Waals surface area contributed by atoms with Gasteiger partial charge in [-0.15, -0.1) is 10.2 Å². The number of sulfonamides is 1. The molecule has 0 fully saturated rings. The third-order valence-electron chi connectivity index (χ3n) is 4.44. The number of nitrogens with one attached hydrogen (secondary N) is 2. The first kappa shape index (κ1) is 24.5. The molecule has 0 atom stereocenters. The van der Waals surface area contributed by atoms with Gasteiger partial charge in [-0.2, -0.15) is 0 Å². The Labute approximate surface area is 208 Å². The standard InChI is InChI=1S/C22H15Cl2FN4O5S/c23-17-11-13(25)1-7-18(17)33-12-15-4-8-19(34-15)22(30)26-14-2-5-16(6-3-14)35(31,32)29-21-10-9-20(24)27-28-21/h1-11H,12H2,(H,26,30)(H,28,29). The fraction of sp³-hybridized carbons (Fsp3) is 0.0455. The van der Waals surface area contributed by atoms with Crippen LogP contribution in [0.4, 0.5) is 15.9 Å². The summed E-state index contributed by atoms with van der Waals surface area (Å²) < 4.78 is 51.3. The second kappa shape index (κ2) is 10.3. The van der Waals surface area contributed by atoms with Gasteiger partial charge in [0.05, 0.1) is 9.92 Å². The molecule has 0 aliphatic rings. The molecule has 0 bridgehead atoms. The number of carbonyl (C=O) groups is 1. The summed E-state index contributed by atoms with van der Waals surface area (Å²) in [5, 5.41) is 10.1. The third kappa shape index (κ3) is 6.27. The molecule has 0 radical (unpaired) electrons. The van der Waals surface area contributed by atoms with Crippen molar-refractivity contribution < 1.29 is 26.8 Å². The fourth-order valence-corrected chi connectivity index (χ4v) is 4.11. The molecule has 2 aromatic heterocycles. The van der Waals surface area contributed by atoms with Crippen LogP contribution in [0.15, 0.2) is 76.0 Å². The van der Waals surface area contributed by atoms with Crippen LogP contribution < -0.4 is 14.8 Å². The van der Waals surface area contributed by atoms with Gasteiger partial charge < -0.3 is 14.5 Å². The van der Waals surface area contributed by atoms with Crippen molar-refractivity contribution in [3.8, 4) is 5.75 Å². The van der Waals surface area contributed by atoms with E-state index in [4.69, 9.17) is 32.4 Å². The van der Waals surface area contributed by atoms with Crippen LogP contribution in [0.25, 0.3) is 0 Å². The number of benzene rings is 2. The Morgan fingerprint density at radius 1 is 1.00 bits per heavy atom.